The highest BCUT2D eigenvalue weighted by atomic mass is 32.1. The molecular formula is C12H19NO2S. The Morgan fingerprint density at radius 1 is 1.44 bits per heavy atom. The molecule has 0 aromatic carbocycles. The number of aliphatic hydroxyl groups is 1. The summed E-state index contributed by atoms with van der Waals surface area (Å²) in [4.78, 5) is 4.21. The minimum absolute atomic E-state index is 0.139. The average molecular weight is 241 g/mol. The Bertz CT molecular complexity index is 328. The van der Waals surface area contributed by atoms with E-state index in [1.165, 1.54) is 0 Å². The molecule has 0 radical (unpaired) electrons. The summed E-state index contributed by atoms with van der Waals surface area (Å²) in [5, 5.41) is 13.2. The van der Waals surface area contributed by atoms with E-state index in [2.05, 4.69) is 25.8 Å². The van der Waals surface area contributed by atoms with Gasteiger partial charge in [-0.1, -0.05) is 6.92 Å². The SMILES string of the molecule is CC1OC(C)C(C(O)Cc2nccs2)C1C. The Hall–Kier alpha value is -0.450. The summed E-state index contributed by atoms with van der Waals surface area (Å²) < 4.78 is 5.75. The third kappa shape index (κ3) is 2.29. The second-order valence-electron chi connectivity index (χ2n) is 4.68. The van der Waals surface area contributed by atoms with Crippen molar-refractivity contribution in [2.45, 2.75) is 45.5 Å². The standard InChI is InChI=1S/C12H19NO2S/c1-7-8(2)15-9(3)12(7)10(14)6-11-13-4-5-16-11/h4-5,7-10,12,14H,6H2,1-3H3. The molecule has 1 aliphatic heterocycles. The van der Waals surface area contributed by atoms with Crippen molar-refractivity contribution in [3.05, 3.63) is 16.6 Å². The predicted molar refractivity (Wildman–Crippen MR) is 64.5 cm³/mol. The molecule has 0 spiro atoms. The molecule has 5 unspecified atom stereocenters. The van der Waals surface area contributed by atoms with E-state index in [9.17, 15) is 5.11 Å². The summed E-state index contributed by atoms with van der Waals surface area (Å²) in [5.74, 6) is 0.629. The molecule has 1 aromatic heterocycles. The summed E-state index contributed by atoms with van der Waals surface area (Å²) in [6, 6.07) is 0. The lowest BCUT2D eigenvalue weighted by Crippen LogP contribution is -2.32. The molecule has 3 nitrogen and oxygen atoms in total. The molecule has 2 heterocycles. The van der Waals surface area contributed by atoms with Crippen LogP contribution in [-0.2, 0) is 11.2 Å². The molecule has 1 aromatic rings. The molecule has 2 rings (SSSR count). The average Bonchev–Trinajstić information content (AvgIpc) is 2.77. The summed E-state index contributed by atoms with van der Waals surface area (Å²) in [7, 11) is 0. The van der Waals surface area contributed by atoms with E-state index in [0.717, 1.165) is 5.01 Å². The van der Waals surface area contributed by atoms with Crippen LogP contribution in [0.5, 0.6) is 0 Å². The fourth-order valence-corrected chi connectivity index (χ4v) is 3.29. The smallest absolute Gasteiger partial charge is 0.0950 e. The van der Waals surface area contributed by atoms with Gasteiger partial charge in [0, 0.05) is 23.9 Å². The van der Waals surface area contributed by atoms with Crippen LogP contribution >= 0.6 is 11.3 Å². The third-order valence-corrected chi connectivity index (χ3v) is 4.43. The first-order valence-corrected chi connectivity index (χ1v) is 6.69. The van der Waals surface area contributed by atoms with E-state index in [1.54, 1.807) is 17.5 Å². The zero-order valence-corrected chi connectivity index (χ0v) is 10.8. The van der Waals surface area contributed by atoms with Crippen LogP contribution in [0, 0.1) is 11.8 Å². The van der Waals surface area contributed by atoms with Gasteiger partial charge in [0.25, 0.3) is 0 Å². The third-order valence-electron chi connectivity index (χ3n) is 3.63. The largest absolute Gasteiger partial charge is 0.392 e. The van der Waals surface area contributed by atoms with Crippen LogP contribution < -0.4 is 0 Å². The van der Waals surface area contributed by atoms with E-state index < -0.39 is 0 Å². The lowest BCUT2D eigenvalue weighted by atomic mass is 9.84. The van der Waals surface area contributed by atoms with Gasteiger partial charge in [0.2, 0.25) is 0 Å². The van der Waals surface area contributed by atoms with Gasteiger partial charge in [0.15, 0.2) is 0 Å². The van der Waals surface area contributed by atoms with Crippen molar-refractivity contribution in [2.75, 3.05) is 0 Å². The summed E-state index contributed by atoms with van der Waals surface area (Å²) in [6.45, 7) is 6.29. The number of aliphatic hydroxyl groups excluding tert-OH is 1. The van der Waals surface area contributed by atoms with Crippen molar-refractivity contribution in [3.8, 4) is 0 Å². The van der Waals surface area contributed by atoms with Crippen LogP contribution in [0.3, 0.4) is 0 Å². The van der Waals surface area contributed by atoms with Gasteiger partial charge in [-0.25, -0.2) is 4.98 Å². The quantitative estimate of drug-likeness (QED) is 0.881. The molecular weight excluding hydrogens is 222 g/mol. The van der Waals surface area contributed by atoms with Gasteiger partial charge in [-0.2, -0.15) is 0 Å². The Kier molecular flexibility index (Phi) is 3.62. The van der Waals surface area contributed by atoms with Gasteiger partial charge < -0.3 is 9.84 Å². The molecule has 1 fully saturated rings. The van der Waals surface area contributed by atoms with Gasteiger partial charge in [-0.05, 0) is 19.8 Å². The zero-order valence-electron chi connectivity index (χ0n) is 9.96. The fourth-order valence-electron chi connectivity index (χ4n) is 2.63. The maximum absolute atomic E-state index is 10.3. The van der Waals surface area contributed by atoms with Gasteiger partial charge in [0.1, 0.15) is 0 Å². The molecule has 0 bridgehead atoms. The maximum atomic E-state index is 10.3. The topological polar surface area (TPSA) is 42.4 Å². The van der Waals surface area contributed by atoms with Crippen molar-refractivity contribution < 1.29 is 9.84 Å². The molecule has 0 amide bonds. The minimum Gasteiger partial charge on any atom is -0.392 e. The normalized spacial score (nSPS) is 36.5. The van der Waals surface area contributed by atoms with Crippen molar-refractivity contribution in [2.24, 2.45) is 11.8 Å². The fraction of sp³-hybridized carbons (Fsp3) is 0.750. The van der Waals surface area contributed by atoms with Crippen molar-refractivity contribution >= 4 is 11.3 Å². The zero-order chi connectivity index (χ0) is 11.7. The molecule has 90 valence electrons. The van der Waals surface area contributed by atoms with E-state index in [1.807, 2.05) is 5.38 Å². The summed E-state index contributed by atoms with van der Waals surface area (Å²) in [5.41, 5.74) is 0. The lowest BCUT2D eigenvalue weighted by molar-refractivity contribution is 0.0240. The first-order valence-electron chi connectivity index (χ1n) is 5.81. The van der Waals surface area contributed by atoms with Gasteiger partial charge in [0.05, 0.1) is 23.3 Å². The van der Waals surface area contributed by atoms with Crippen molar-refractivity contribution in [1.29, 1.82) is 0 Å². The van der Waals surface area contributed by atoms with E-state index in [4.69, 9.17) is 4.74 Å². The van der Waals surface area contributed by atoms with Crippen molar-refractivity contribution in [3.63, 3.8) is 0 Å². The van der Waals surface area contributed by atoms with Crippen LogP contribution in [0.1, 0.15) is 25.8 Å². The Labute approximate surface area is 100 Å². The molecule has 4 heteroatoms. The molecule has 0 saturated carbocycles. The summed E-state index contributed by atoms with van der Waals surface area (Å²) in [6.07, 6.45) is 2.47. The van der Waals surface area contributed by atoms with Crippen LogP contribution in [0.2, 0.25) is 0 Å². The Morgan fingerprint density at radius 2 is 2.19 bits per heavy atom. The van der Waals surface area contributed by atoms with Crippen LogP contribution in [0.4, 0.5) is 0 Å². The molecule has 0 aliphatic carbocycles. The number of rotatable bonds is 3. The Balaban J connectivity index is 2.01. The molecule has 1 N–H and O–H groups in total. The number of aromatic nitrogens is 1. The molecule has 1 saturated heterocycles. The first-order chi connectivity index (χ1) is 7.59. The van der Waals surface area contributed by atoms with Crippen LogP contribution in [-0.4, -0.2) is 28.4 Å². The Morgan fingerprint density at radius 3 is 2.69 bits per heavy atom. The second kappa shape index (κ2) is 4.82. The highest BCUT2D eigenvalue weighted by Crippen LogP contribution is 2.35. The highest BCUT2D eigenvalue weighted by Gasteiger charge is 2.41. The second-order valence-corrected chi connectivity index (χ2v) is 5.66. The van der Waals surface area contributed by atoms with Gasteiger partial charge in [-0.15, -0.1) is 11.3 Å². The molecule has 16 heavy (non-hydrogen) atoms. The van der Waals surface area contributed by atoms with Gasteiger partial charge >= 0.3 is 0 Å². The molecule has 5 atom stereocenters. The number of thiazole rings is 1. The van der Waals surface area contributed by atoms with E-state index in [-0.39, 0.29) is 24.2 Å². The number of hydrogen-bond acceptors (Lipinski definition) is 4. The van der Waals surface area contributed by atoms with Gasteiger partial charge in [-0.3, -0.25) is 0 Å². The number of ether oxygens (including phenoxy) is 1. The van der Waals surface area contributed by atoms with E-state index in [0.29, 0.717) is 12.3 Å². The lowest BCUT2D eigenvalue weighted by Gasteiger charge is -2.23. The monoisotopic (exact) mass is 241 g/mol. The van der Waals surface area contributed by atoms with E-state index >= 15 is 0 Å². The van der Waals surface area contributed by atoms with Crippen LogP contribution in [0.15, 0.2) is 11.6 Å². The first kappa shape index (κ1) is 12.0. The molecule has 1 aliphatic rings. The maximum Gasteiger partial charge on any atom is 0.0950 e. The van der Waals surface area contributed by atoms with Crippen molar-refractivity contribution in [1.82, 2.24) is 4.98 Å². The number of hydrogen-bond donors (Lipinski definition) is 1. The number of nitrogens with zero attached hydrogens (tertiary/aromatic N) is 1. The highest BCUT2D eigenvalue weighted by molar-refractivity contribution is 7.09. The predicted octanol–water partition coefficient (Wildman–Crippen LogP) is 2.11. The minimum atomic E-state index is -0.346. The van der Waals surface area contributed by atoms with Crippen LogP contribution in [0.25, 0.3) is 0 Å². The summed E-state index contributed by atoms with van der Waals surface area (Å²) >= 11 is 1.60.